The van der Waals surface area contributed by atoms with E-state index in [4.69, 9.17) is 0 Å². The van der Waals surface area contributed by atoms with Gasteiger partial charge in [0, 0.05) is 6.04 Å². The van der Waals surface area contributed by atoms with Gasteiger partial charge >= 0.3 is 0 Å². The minimum Gasteiger partial charge on any atom is -0.316 e. The van der Waals surface area contributed by atoms with Gasteiger partial charge in [-0.15, -0.1) is 0 Å². The quantitative estimate of drug-likeness (QED) is 0.783. The van der Waals surface area contributed by atoms with Gasteiger partial charge in [0.05, 0.1) is 0 Å². The zero-order valence-electron chi connectivity index (χ0n) is 9.37. The van der Waals surface area contributed by atoms with Gasteiger partial charge in [0.15, 0.2) is 0 Å². The Morgan fingerprint density at radius 1 is 1.40 bits per heavy atom. The third kappa shape index (κ3) is 3.05. The van der Waals surface area contributed by atoms with Crippen LogP contribution in [0.1, 0.15) is 24.9 Å². The Labute approximate surface area is 92.1 Å². The van der Waals surface area contributed by atoms with Crippen LogP contribution in [0, 0.1) is 5.92 Å². The molecule has 0 radical (unpaired) electrons. The molecule has 1 aromatic carbocycles. The molecule has 0 saturated carbocycles. The summed E-state index contributed by atoms with van der Waals surface area (Å²) in [6.45, 7) is 5.72. The van der Waals surface area contributed by atoms with Crippen molar-refractivity contribution in [2.75, 3.05) is 19.6 Å². The first kappa shape index (κ1) is 10.7. The number of hydrogen-bond donors (Lipinski definition) is 2. The topological polar surface area (TPSA) is 24.1 Å². The van der Waals surface area contributed by atoms with Crippen LogP contribution >= 0.6 is 0 Å². The molecule has 0 bridgehead atoms. The maximum absolute atomic E-state index is 3.60. The van der Waals surface area contributed by atoms with E-state index in [2.05, 4.69) is 47.9 Å². The van der Waals surface area contributed by atoms with E-state index in [9.17, 15) is 0 Å². The summed E-state index contributed by atoms with van der Waals surface area (Å²) in [6.07, 6.45) is 1.31. The molecule has 1 saturated heterocycles. The highest BCUT2D eigenvalue weighted by Gasteiger charge is 2.15. The van der Waals surface area contributed by atoms with Gasteiger partial charge in [0.2, 0.25) is 0 Å². The van der Waals surface area contributed by atoms with Crippen molar-refractivity contribution in [3.63, 3.8) is 0 Å². The number of hydrogen-bond acceptors (Lipinski definition) is 2. The Morgan fingerprint density at radius 3 is 2.87 bits per heavy atom. The van der Waals surface area contributed by atoms with Gasteiger partial charge in [-0.3, -0.25) is 0 Å². The lowest BCUT2D eigenvalue weighted by Gasteiger charge is -2.16. The highest BCUT2D eigenvalue weighted by Crippen LogP contribution is 2.13. The van der Waals surface area contributed by atoms with Crippen LogP contribution in [0.2, 0.25) is 0 Å². The van der Waals surface area contributed by atoms with Crippen LogP contribution in [0.3, 0.4) is 0 Å². The van der Waals surface area contributed by atoms with Crippen molar-refractivity contribution in [3.8, 4) is 0 Å². The molecule has 2 heteroatoms. The first-order valence-electron chi connectivity index (χ1n) is 5.85. The first-order chi connectivity index (χ1) is 7.36. The largest absolute Gasteiger partial charge is 0.316 e. The maximum Gasteiger partial charge on any atom is 0.0291 e. The highest BCUT2D eigenvalue weighted by molar-refractivity contribution is 5.17. The van der Waals surface area contributed by atoms with Crippen molar-refractivity contribution in [1.29, 1.82) is 0 Å². The molecule has 15 heavy (non-hydrogen) atoms. The molecule has 2 N–H and O–H groups in total. The molecule has 0 amide bonds. The van der Waals surface area contributed by atoms with Crippen molar-refractivity contribution in [2.45, 2.75) is 19.4 Å². The maximum atomic E-state index is 3.60. The second-order valence-corrected chi connectivity index (χ2v) is 4.40. The Morgan fingerprint density at radius 2 is 2.20 bits per heavy atom. The third-order valence-corrected chi connectivity index (χ3v) is 3.17. The summed E-state index contributed by atoms with van der Waals surface area (Å²) in [5.74, 6) is 0.816. The lowest BCUT2D eigenvalue weighted by atomic mass is 10.1. The van der Waals surface area contributed by atoms with Gasteiger partial charge in [-0.25, -0.2) is 0 Å². The van der Waals surface area contributed by atoms with E-state index in [-0.39, 0.29) is 0 Å². The molecule has 0 aliphatic carbocycles. The van der Waals surface area contributed by atoms with Crippen LogP contribution in [-0.2, 0) is 0 Å². The molecular weight excluding hydrogens is 184 g/mol. The minimum atomic E-state index is 0.465. The summed E-state index contributed by atoms with van der Waals surface area (Å²) in [5.41, 5.74) is 1.38. The van der Waals surface area contributed by atoms with E-state index in [1.165, 1.54) is 25.1 Å². The average Bonchev–Trinajstić information content (AvgIpc) is 2.80. The molecule has 0 spiro atoms. The van der Waals surface area contributed by atoms with Gasteiger partial charge < -0.3 is 10.6 Å². The number of rotatable bonds is 4. The van der Waals surface area contributed by atoms with Crippen LogP contribution < -0.4 is 10.6 Å². The Kier molecular flexibility index (Phi) is 3.75. The van der Waals surface area contributed by atoms with Crippen molar-refractivity contribution >= 4 is 0 Å². The first-order valence-corrected chi connectivity index (χ1v) is 5.85. The number of nitrogens with one attached hydrogen (secondary N) is 2. The van der Waals surface area contributed by atoms with Crippen molar-refractivity contribution < 1.29 is 0 Å². The highest BCUT2D eigenvalue weighted by atomic mass is 15.0. The second kappa shape index (κ2) is 5.29. The van der Waals surface area contributed by atoms with E-state index in [1.54, 1.807) is 0 Å². The Hall–Kier alpha value is -0.860. The molecule has 2 rings (SSSR count). The van der Waals surface area contributed by atoms with Crippen LogP contribution in [0.5, 0.6) is 0 Å². The molecule has 1 heterocycles. The lowest BCUT2D eigenvalue weighted by molar-refractivity contribution is 0.470. The zero-order chi connectivity index (χ0) is 10.5. The summed E-state index contributed by atoms with van der Waals surface area (Å²) in [6, 6.07) is 11.1. The minimum absolute atomic E-state index is 0.465. The summed E-state index contributed by atoms with van der Waals surface area (Å²) < 4.78 is 0. The molecule has 2 nitrogen and oxygen atoms in total. The fourth-order valence-electron chi connectivity index (χ4n) is 2.09. The molecule has 1 aliphatic rings. The van der Waals surface area contributed by atoms with Crippen molar-refractivity contribution in [3.05, 3.63) is 35.9 Å². The van der Waals surface area contributed by atoms with Crippen LogP contribution in [-0.4, -0.2) is 19.6 Å². The fraction of sp³-hybridized carbons (Fsp3) is 0.538. The molecule has 1 fully saturated rings. The Bertz CT molecular complexity index is 278. The zero-order valence-corrected chi connectivity index (χ0v) is 9.37. The van der Waals surface area contributed by atoms with Crippen molar-refractivity contribution in [1.82, 2.24) is 10.6 Å². The smallest absolute Gasteiger partial charge is 0.0291 e. The molecular formula is C13H20N2. The van der Waals surface area contributed by atoms with E-state index in [0.717, 1.165) is 12.5 Å². The average molecular weight is 204 g/mol. The van der Waals surface area contributed by atoms with Gasteiger partial charge in [-0.05, 0) is 44.5 Å². The lowest BCUT2D eigenvalue weighted by Crippen LogP contribution is -2.26. The summed E-state index contributed by atoms with van der Waals surface area (Å²) in [4.78, 5) is 0. The summed E-state index contributed by atoms with van der Waals surface area (Å²) >= 11 is 0. The van der Waals surface area contributed by atoms with Gasteiger partial charge in [-0.2, -0.15) is 0 Å². The van der Waals surface area contributed by atoms with Crippen molar-refractivity contribution in [2.24, 2.45) is 5.92 Å². The fourth-order valence-corrected chi connectivity index (χ4v) is 2.09. The third-order valence-electron chi connectivity index (χ3n) is 3.17. The molecule has 1 aromatic rings. The predicted molar refractivity (Wildman–Crippen MR) is 63.8 cm³/mol. The van der Waals surface area contributed by atoms with E-state index in [0.29, 0.717) is 6.04 Å². The molecule has 2 atom stereocenters. The number of benzene rings is 1. The normalized spacial score (nSPS) is 22.9. The monoisotopic (exact) mass is 204 g/mol. The molecule has 0 aromatic heterocycles. The van der Waals surface area contributed by atoms with Crippen LogP contribution in [0.4, 0.5) is 0 Å². The predicted octanol–water partition coefficient (Wildman–Crippen LogP) is 1.95. The van der Waals surface area contributed by atoms with E-state index < -0.39 is 0 Å². The van der Waals surface area contributed by atoms with Crippen LogP contribution in [0.15, 0.2) is 30.3 Å². The summed E-state index contributed by atoms with van der Waals surface area (Å²) in [5, 5.41) is 7.00. The second-order valence-electron chi connectivity index (χ2n) is 4.40. The van der Waals surface area contributed by atoms with Crippen LogP contribution in [0.25, 0.3) is 0 Å². The molecule has 2 unspecified atom stereocenters. The van der Waals surface area contributed by atoms with Gasteiger partial charge in [-0.1, -0.05) is 30.3 Å². The SMILES string of the molecule is CC(NCC1CCNC1)c1ccccc1. The molecule has 82 valence electrons. The Balaban J connectivity index is 1.79. The molecule has 1 aliphatic heterocycles. The van der Waals surface area contributed by atoms with E-state index >= 15 is 0 Å². The standard InChI is InChI=1S/C13H20N2/c1-11(13-5-3-2-4-6-13)15-10-12-7-8-14-9-12/h2-6,11-12,14-15H,7-10H2,1H3. The summed E-state index contributed by atoms with van der Waals surface area (Å²) in [7, 11) is 0. The van der Waals surface area contributed by atoms with E-state index in [1.807, 2.05) is 0 Å². The van der Waals surface area contributed by atoms with Gasteiger partial charge in [0.1, 0.15) is 0 Å². The van der Waals surface area contributed by atoms with Gasteiger partial charge in [0.25, 0.3) is 0 Å².